The molecule has 0 aliphatic carbocycles. The van der Waals surface area contributed by atoms with Crippen LogP contribution in [0.25, 0.3) is 10.2 Å². The van der Waals surface area contributed by atoms with Crippen LogP contribution in [0.4, 0.5) is 9.18 Å². The molecule has 3 heterocycles. The second-order valence-electron chi connectivity index (χ2n) is 9.40. The van der Waals surface area contributed by atoms with Crippen molar-refractivity contribution in [1.82, 2.24) is 19.7 Å². The van der Waals surface area contributed by atoms with Crippen LogP contribution in [0.5, 0.6) is 0 Å². The molecule has 4 rings (SSSR count). The zero-order valence-electron chi connectivity index (χ0n) is 18.9. The van der Waals surface area contributed by atoms with Crippen molar-refractivity contribution in [2.75, 3.05) is 19.6 Å². The van der Waals surface area contributed by atoms with Gasteiger partial charge in [0.05, 0.1) is 0 Å². The molecule has 8 heteroatoms. The van der Waals surface area contributed by atoms with E-state index in [0.717, 1.165) is 15.8 Å². The number of benzene rings is 1. The summed E-state index contributed by atoms with van der Waals surface area (Å²) in [5, 5.41) is 6.04. The van der Waals surface area contributed by atoms with Crippen LogP contribution < -0.4 is 5.32 Å². The normalized spacial score (nSPS) is 17.1. The van der Waals surface area contributed by atoms with E-state index in [1.807, 2.05) is 54.7 Å². The van der Waals surface area contributed by atoms with E-state index in [1.54, 1.807) is 28.4 Å². The Morgan fingerprint density at radius 3 is 2.53 bits per heavy atom. The van der Waals surface area contributed by atoms with Crippen molar-refractivity contribution in [1.29, 1.82) is 0 Å². The highest BCUT2D eigenvalue weighted by atomic mass is 32.1. The summed E-state index contributed by atoms with van der Waals surface area (Å²) in [6, 6.07) is 10.1. The molecule has 2 aromatic heterocycles. The van der Waals surface area contributed by atoms with Gasteiger partial charge in [-0.3, -0.25) is 4.79 Å². The average molecular weight is 457 g/mol. The van der Waals surface area contributed by atoms with Crippen molar-refractivity contribution in [3.05, 3.63) is 58.9 Å². The lowest BCUT2D eigenvalue weighted by molar-refractivity contribution is 0.0564. The molecule has 1 saturated heterocycles. The number of hydrogen-bond acceptors (Lipinski definition) is 3. The lowest BCUT2D eigenvalue weighted by atomic mass is 10.1. The second kappa shape index (κ2) is 8.58. The number of rotatable bonds is 3. The van der Waals surface area contributed by atoms with Crippen molar-refractivity contribution in [3.8, 4) is 0 Å². The second-order valence-corrected chi connectivity index (χ2v) is 10.3. The summed E-state index contributed by atoms with van der Waals surface area (Å²) in [5.74, 6) is -0.320. The number of halogens is 1. The summed E-state index contributed by atoms with van der Waals surface area (Å²) in [6.07, 6.45) is 0. The fraction of sp³-hybridized carbons (Fsp3) is 0.417. The first-order valence-corrected chi connectivity index (χ1v) is 11.7. The maximum Gasteiger partial charge on any atom is 0.318 e. The number of nitrogens with one attached hydrogen (secondary N) is 1. The van der Waals surface area contributed by atoms with Crippen LogP contribution in [-0.2, 0) is 6.54 Å². The minimum absolute atomic E-state index is 0.0433. The third-order valence-corrected chi connectivity index (χ3v) is 6.58. The van der Waals surface area contributed by atoms with Crippen LogP contribution in [0.15, 0.2) is 41.8 Å². The Kier molecular flexibility index (Phi) is 5.99. The molecular formula is C24H29FN4O2S. The molecule has 1 aliphatic rings. The number of carbonyl (C=O) groups is 2. The molecular weight excluding hydrogens is 427 g/mol. The van der Waals surface area contributed by atoms with E-state index in [2.05, 4.69) is 5.32 Å². The number of aromatic nitrogens is 1. The molecule has 1 aliphatic heterocycles. The van der Waals surface area contributed by atoms with Crippen LogP contribution in [0.2, 0.25) is 0 Å². The molecule has 6 nitrogen and oxygen atoms in total. The highest BCUT2D eigenvalue weighted by Crippen LogP contribution is 2.28. The van der Waals surface area contributed by atoms with Gasteiger partial charge < -0.3 is 19.7 Å². The van der Waals surface area contributed by atoms with Gasteiger partial charge in [-0.1, -0.05) is 12.1 Å². The van der Waals surface area contributed by atoms with E-state index in [0.29, 0.717) is 31.9 Å². The number of urea groups is 1. The number of piperazine rings is 1. The lowest BCUT2D eigenvalue weighted by Gasteiger charge is -2.41. The number of thiophene rings is 1. The van der Waals surface area contributed by atoms with Gasteiger partial charge in [0, 0.05) is 43.1 Å². The Morgan fingerprint density at radius 1 is 1.16 bits per heavy atom. The van der Waals surface area contributed by atoms with Gasteiger partial charge in [-0.15, -0.1) is 11.3 Å². The Morgan fingerprint density at radius 2 is 1.88 bits per heavy atom. The van der Waals surface area contributed by atoms with Gasteiger partial charge >= 0.3 is 6.03 Å². The first-order valence-electron chi connectivity index (χ1n) is 10.8. The van der Waals surface area contributed by atoms with Crippen molar-refractivity contribution >= 4 is 33.5 Å². The molecule has 1 aromatic carbocycles. The monoisotopic (exact) mass is 456 g/mol. The molecule has 3 aromatic rings. The van der Waals surface area contributed by atoms with E-state index in [9.17, 15) is 14.0 Å². The van der Waals surface area contributed by atoms with Crippen molar-refractivity contribution in [3.63, 3.8) is 0 Å². The third kappa shape index (κ3) is 4.65. The Labute approximate surface area is 191 Å². The molecule has 1 atom stereocenters. The Bertz CT molecular complexity index is 1130. The molecule has 170 valence electrons. The molecule has 3 amide bonds. The topological polar surface area (TPSA) is 57.6 Å². The van der Waals surface area contributed by atoms with Gasteiger partial charge in [-0.2, -0.15) is 0 Å². The lowest BCUT2D eigenvalue weighted by Crippen LogP contribution is -2.59. The summed E-state index contributed by atoms with van der Waals surface area (Å²) in [7, 11) is 0. The standard InChI is InChI=1S/C24H29FN4O2S/c1-16-14-27(10-11-28(16)23(31)26-24(2,3)4)21(30)20-13-18-9-12-32-22(18)29(20)15-17-5-7-19(25)8-6-17/h5-9,12-13,16H,10-11,14-15H2,1-4H3,(H,26,31). The maximum absolute atomic E-state index is 13.5. The van der Waals surface area contributed by atoms with Crippen LogP contribution in [0, 0.1) is 5.82 Å². The molecule has 0 bridgehead atoms. The van der Waals surface area contributed by atoms with Crippen LogP contribution in [0.3, 0.4) is 0 Å². The highest BCUT2D eigenvalue weighted by molar-refractivity contribution is 7.16. The van der Waals surface area contributed by atoms with E-state index >= 15 is 0 Å². The molecule has 0 radical (unpaired) electrons. The van der Waals surface area contributed by atoms with E-state index in [-0.39, 0.29) is 29.3 Å². The minimum Gasteiger partial charge on any atom is -0.334 e. The van der Waals surface area contributed by atoms with Gasteiger partial charge in [-0.25, -0.2) is 9.18 Å². The number of nitrogens with zero attached hydrogens (tertiary/aromatic N) is 3. The van der Waals surface area contributed by atoms with Gasteiger partial charge in [0.15, 0.2) is 0 Å². The van der Waals surface area contributed by atoms with Gasteiger partial charge in [-0.05, 0) is 62.9 Å². The molecule has 32 heavy (non-hydrogen) atoms. The van der Waals surface area contributed by atoms with Gasteiger partial charge in [0.1, 0.15) is 16.3 Å². The number of carbonyl (C=O) groups excluding carboxylic acids is 2. The molecule has 1 fully saturated rings. The zero-order chi connectivity index (χ0) is 23.0. The molecule has 0 saturated carbocycles. The van der Waals surface area contributed by atoms with Crippen LogP contribution in [0.1, 0.15) is 43.7 Å². The minimum atomic E-state index is -0.309. The smallest absolute Gasteiger partial charge is 0.318 e. The van der Waals surface area contributed by atoms with E-state index < -0.39 is 0 Å². The summed E-state index contributed by atoms with van der Waals surface area (Å²) in [4.78, 5) is 30.8. The third-order valence-electron chi connectivity index (χ3n) is 5.63. The fourth-order valence-electron chi connectivity index (χ4n) is 4.08. The van der Waals surface area contributed by atoms with Gasteiger partial charge in [0.25, 0.3) is 5.91 Å². The maximum atomic E-state index is 13.5. The first kappa shape index (κ1) is 22.3. The van der Waals surface area contributed by atoms with Crippen LogP contribution in [-0.4, -0.2) is 57.5 Å². The predicted molar refractivity (Wildman–Crippen MR) is 126 cm³/mol. The number of fused-ring (bicyclic) bond motifs is 1. The van der Waals surface area contributed by atoms with Gasteiger partial charge in [0.2, 0.25) is 0 Å². The summed E-state index contributed by atoms with van der Waals surface area (Å²) in [6.45, 7) is 9.78. The predicted octanol–water partition coefficient (Wildman–Crippen LogP) is 4.54. The van der Waals surface area contributed by atoms with Crippen molar-refractivity contribution in [2.24, 2.45) is 0 Å². The largest absolute Gasteiger partial charge is 0.334 e. The first-order chi connectivity index (χ1) is 15.1. The average Bonchev–Trinajstić information content (AvgIpc) is 3.30. The highest BCUT2D eigenvalue weighted by Gasteiger charge is 2.32. The summed E-state index contributed by atoms with van der Waals surface area (Å²) < 4.78 is 15.4. The molecule has 0 spiro atoms. The van der Waals surface area contributed by atoms with Crippen molar-refractivity contribution < 1.29 is 14.0 Å². The Balaban J connectivity index is 1.54. The van der Waals surface area contributed by atoms with E-state index in [4.69, 9.17) is 0 Å². The quantitative estimate of drug-likeness (QED) is 0.629. The summed E-state index contributed by atoms with van der Waals surface area (Å²) in [5.41, 5.74) is 1.25. The Hall–Kier alpha value is -2.87. The molecule has 1 unspecified atom stereocenters. The number of hydrogen-bond donors (Lipinski definition) is 1. The van der Waals surface area contributed by atoms with Crippen molar-refractivity contribution in [2.45, 2.75) is 45.8 Å². The van der Waals surface area contributed by atoms with Crippen LogP contribution >= 0.6 is 11.3 Å². The molecule has 1 N–H and O–H groups in total. The number of amides is 3. The van der Waals surface area contributed by atoms with E-state index in [1.165, 1.54) is 12.1 Å². The summed E-state index contributed by atoms with van der Waals surface area (Å²) >= 11 is 1.59. The SMILES string of the molecule is CC1CN(C(=O)c2cc3ccsc3n2Cc2ccc(F)cc2)CCN1C(=O)NC(C)(C)C. The fourth-order valence-corrected chi connectivity index (χ4v) is 4.98. The zero-order valence-corrected chi connectivity index (χ0v) is 19.7.